The standard InChI is InChI=1S/C8H18N2O/c1-7(6-11)10-4-2-8(9)3-5-10/h7-8,11H,2-6,9H2,1H3/t7-/m0/s1. The van der Waals surface area contributed by atoms with Crippen LogP contribution in [0.15, 0.2) is 0 Å². The molecule has 0 spiro atoms. The first-order chi connectivity index (χ1) is 5.24. The predicted molar refractivity (Wildman–Crippen MR) is 45.3 cm³/mol. The quantitative estimate of drug-likeness (QED) is 0.584. The first kappa shape index (κ1) is 8.97. The van der Waals surface area contributed by atoms with Crippen molar-refractivity contribution in [2.45, 2.75) is 31.8 Å². The van der Waals surface area contributed by atoms with E-state index < -0.39 is 0 Å². The zero-order chi connectivity index (χ0) is 8.27. The number of aliphatic hydroxyl groups excluding tert-OH is 1. The topological polar surface area (TPSA) is 49.5 Å². The van der Waals surface area contributed by atoms with Gasteiger partial charge in [0.25, 0.3) is 0 Å². The van der Waals surface area contributed by atoms with Crippen LogP contribution in [0.4, 0.5) is 0 Å². The average Bonchev–Trinajstić information content (AvgIpc) is 2.05. The third kappa shape index (κ3) is 2.43. The highest BCUT2D eigenvalue weighted by Crippen LogP contribution is 2.10. The summed E-state index contributed by atoms with van der Waals surface area (Å²) in [4.78, 5) is 2.30. The third-order valence-corrected chi connectivity index (χ3v) is 2.46. The summed E-state index contributed by atoms with van der Waals surface area (Å²) in [6.07, 6.45) is 2.15. The Labute approximate surface area is 68.2 Å². The summed E-state index contributed by atoms with van der Waals surface area (Å²) in [5.41, 5.74) is 5.75. The van der Waals surface area contributed by atoms with Gasteiger partial charge in [0.15, 0.2) is 0 Å². The molecule has 3 N–H and O–H groups in total. The Balaban J connectivity index is 2.27. The number of aliphatic hydroxyl groups is 1. The first-order valence-corrected chi connectivity index (χ1v) is 4.34. The number of nitrogens with zero attached hydrogens (tertiary/aromatic N) is 1. The van der Waals surface area contributed by atoms with Gasteiger partial charge in [-0.1, -0.05) is 0 Å². The lowest BCUT2D eigenvalue weighted by atomic mass is 10.0. The number of rotatable bonds is 2. The van der Waals surface area contributed by atoms with Gasteiger partial charge >= 0.3 is 0 Å². The molecule has 0 radical (unpaired) electrons. The molecular weight excluding hydrogens is 140 g/mol. The van der Waals surface area contributed by atoms with Crippen molar-refractivity contribution in [3.05, 3.63) is 0 Å². The Morgan fingerprint density at radius 1 is 1.55 bits per heavy atom. The highest BCUT2D eigenvalue weighted by atomic mass is 16.3. The van der Waals surface area contributed by atoms with E-state index >= 15 is 0 Å². The van der Waals surface area contributed by atoms with E-state index in [1.165, 1.54) is 0 Å². The molecule has 0 saturated carbocycles. The smallest absolute Gasteiger partial charge is 0.0584 e. The van der Waals surface area contributed by atoms with Crippen LogP contribution in [0.5, 0.6) is 0 Å². The molecule has 1 aliphatic rings. The predicted octanol–water partition coefficient (Wildman–Crippen LogP) is -0.210. The molecule has 0 aromatic heterocycles. The Morgan fingerprint density at radius 3 is 2.55 bits per heavy atom. The number of hydrogen-bond acceptors (Lipinski definition) is 3. The van der Waals surface area contributed by atoms with Crippen molar-refractivity contribution in [3.63, 3.8) is 0 Å². The number of hydrogen-bond donors (Lipinski definition) is 2. The van der Waals surface area contributed by atoms with Gasteiger partial charge < -0.3 is 10.8 Å². The van der Waals surface area contributed by atoms with Crippen LogP contribution in [0, 0.1) is 0 Å². The number of nitrogens with two attached hydrogens (primary N) is 1. The van der Waals surface area contributed by atoms with Crippen LogP contribution in [0.3, 0.4) is 0 Å². The fourth-order valence-corrected chi connectivity index (χ4v) is 1.48. The molecule has 1 aliphatic heterocycles. The summed E-state index contributed by atoms with van der Waals surface area (Å²) >= 11 is 0. The van der Waals surface area contributed by atoms with E-state index in [-0.39, 0.29) is 6.61 Å². The molecule has 0 aliphatic carbocycles. The van der Waals surface area contributed by atoms with Crippen LogP contribution in [0.25, 0.3) is 0 Å². The fourth-order valence-electron chi connectivity index (χ4n) is 1.48. The van der Waals surface area contributed by atoms with Gasteiger partial charge in [0, 0.05) is 12.1 Å². The maximum atomic E-state index is 8.88. The summed E-state index contributed by atoms with van der Waals surface area (Å²) in [6.45, 7) is 4.40. The van der Waals surface area contributed by atoms with Gasteiger partial charge in [-0.15, -0.1) is 0 Å². The van der Waals surface area contributed by atoms with Crippen molar-refractivity contribution in [3.8, 4) is 0 Å². The first-order valence-electron chi connectivity index (χ1n) is 4.34. The molecule has 1 rings (SSSR count). The van der Waals surface area contributed by atoms with E-state index in [0.717, 1.165) is 25.9 Å². The van der Waals surface area contributed by atoms with E-state index in [9.17, 15) is 0 Å². The lowest BCUT2D eigenvalue weighted by Gasteiger charge is -2.33. The van der Waals surface area contributed by atoms with E-state index in [0.29, 0.717) is 12.1 Å². The molecular formula is C8H18N2O. The van der Waals surface area contributed by atoms with Crippen LogP contribution in [0.2, 0.25) is 0 Å². The van der Waals surface area contributed by atoms with Gasteiger partial charge in [-0.2, -0.15) is 0 Å². The SMILES string of the molecule is C[C@@H](CO)N1CCC(N)CC1. The third-order valence-electron chi connectivity index (χ3n) is 2.46. The van der Waals surface area contributed by atoms with Crippen LogP contribution in [-0.2, 0) is 0 Å². The van der Waals surface area contributed by atoms with Gasteiger partial charge in [-0.3, -0.25) is 4.90 Å². The average molecular weight is 158 g/mol. The molecule has 11 heavy (non-hydrogen) atoms. The van der Waals surface area contributed by atoms with Crippen LogP contribution < -0.4 is 5.73 Å². The van der Waals surface area contributed by atoms with E-state index in [4.69, 9.17) is 10.8 Å². The fraction of sp³-hybridized carbons (Fsp3) is 1.00. The van der Waals surface area contributed by atoms with Crippen LogP contribution >= 0.6 is 0 Å². The van der Waals surface area contributed by atoms with Crippen molar-refractivity contribution < 1.29 is 5.11 Å². The number of likely N-dealkylation sites (tertiary alicyclic amines) is 1. The van der Waals surface area contributed by atoms with Crippen molar-refractivity contribution in [2.24, 2.45) is 5.73 Å². The second-order valence-corrected chi connectivity index (χ2v) is 3.40. The molecule has 0 aromatic carbocycles. The molecule has 3 nitrogen and oxygen atoms in total. The number of piperidine rings is 1. The molecule has 1 atom stereocenters. The van der Waals surface area contributed by atoms with E-state index in [1.807, 2.05) is 0 Å². The van der Waals surface area contributed by atoms with Gasteiger partial charge in [0.2, 0.25) is 0 Å². The Bertz CT molecular complexity index is 111. The summed E-state index contributed by atoms with van der Waals surface area (Å²) in [7, 11) is 0. The second-order valence-electron chi connectivity index (χ2n) is 3.40. The van der Waals surface area contributed by atoms with Gasteiger partial charge in [0.05, 0.1) is 6.61 Å². The van der Waals surface area contributed by atoms with Crippen LogP contribution in [-0.4, -0.2) is 41.8 Å². The summed E-state index contributed by atoms with van der Waals surface area (Å²) < 4.78 is 0. The summed E-state index contributed by atoms with van der Waals surface area (Å²) in [5.74, 6) is 0. The maximum Gasteiger partial charge on any atom is 0.0584 e. The van der Waals surface area contributed by atoms with Crippen molar-refractivity contribution in [1.82, 2.24) is 4.90 Å². The lowest BCUT2D eigenvalue weighted by molar-refractivity contribution is 0.109. The Kier molecular flexibility index (Phi) is 3.30. The highest BCUT2D eigenvalue weighted by molar-refractivity contribution is 4.77. The minimum absolute atomic E-state index is 0.259. The molecule has 1 fully saturated rings. The molecule has 0 aromatic rings. The van der Waals surface area contributed by atoms with E-state index in [2.05, 4.69) is 11.8 Å². The maximum absolute atomic E-state index is 8.88. The zero-order valence-corrected chi connectivity index (χ0v) is 7.16. The Morgan fingerprint density at radius 2 is 2.09 bits per heavy atom. The van der Waals surface area contributed by atoms with Gasteiger partial charge in [-0.05, 0) is 32.9 Å². The van der Waals surface area contributed by atoms with Crippen LogP contribution in [0.1, 0.15) is 19.8 Å². The molecule has 0 amide bonds. The lowest BCUT2D eigenvalue weighted by Crippen LogP contribution is -2.45. The van der Waals surface area contributed by atoms with E-state index in [1.54, 1.807) is 0 Å². The van der Waals surface area contributed by atoms with Crippen molar-refractivity contribution in [1.29, 1.82) is 0 Å². The van der Waals surface area contributed by atoms with Crippen molar-refractivity contribution in [2.75, 3.05) is 19.7 Å². The largest absolute Gasteiger partial charge is 0.395 e. The van der Waals surface area contributed by atoms with Gasteiger partial charge in [-0.25, -0.2) is 0 Å². The molecule has 66 valence electrons. The normalized spacial score (nSPS) is 25.4. The monoisotopic (exact) mass is 158 g/mol. The minimum Gasteiger partial charge on any atom is -0.395 e. The Hall–Kier alpha value is -0.120. The summed E-state index contributed by atoms with van der Waals surface area (Å²) in [6, 6.07) is 0.694. The molecule has 1 saturated heterocycles. The van der Waals surface area contributed by atoms with Gasteiger partial charge in [0.1, 0.15) is 0 Å². The molecule has 3 heteroatoms. The molecule has 0 bridgehead atoms. The zero-order valence-electron chi connectivity index (χ0n) is 7.16. The minimum atomic E-state index is 0.259. The molecule has 1 heterocycles. The van der Waals surface area contributed by atoms with Crippen molar-refractivity contribution >= 4 is 0 Å². The second kappa shape index (κ2) is 4.04. The summed E-state index contributed by atoms with van der Waals surface area (Å²) in [5, 5.41) is 8.88. The molecule has 0 unspecified atom stereocenters. The highest BCUT2D eigenvalue weighted by Gasteiger charge is 2.19.